The number of rotatable bonds is 35. The summed E-state index contributed by atoms with van der Waals surface area (Å²) in [5.41, 5.74) is 0. The van der Waals surface area contributed by atoms with Crippen LogP contribution in [0.3, 0.4) is 0 Å². The molecule has 0 radical (unpaired) electrons. The molecule has 45 atom stereocenters. The molecule has 0 saturated carbocycles. The van der Waals surface area contributed by atoms with Gasteiger partial charge < -0.3 is 235 Å². The van der Waals surface area contributed by atoms with Crippen molar-refractivity contribution in [2.45, 2.75) is 316 Å². The van der Waals surface area contributed by atoms with Crippen molar-refractivity contribution in [1.82, 2.24) is 21.3 Å². The fraction of sp³-hybridized carbons (Fsp3) is 0.923. The fourth-order valence-electron chi connectivity index (χ4n) is 14.5. The number of carbonyl (C=O) groups is 5. The number of aliphatic hydroxyl groups excluding tert-OH is 26. The van der Waals surface area contributed by atoms with Crippen molar-refractivity contribution in [1.29, 1.82) is 0 Å². The van der Waals surface area contributed by atoms with E-state index >= 15 is 0 Å². The maximum Gasteiger partial charge on any atom is 0.364 e. The van der Waals surface area contributed by atoms with E-state index in [-0.39, 0.29) is 0 Å². The summed E-state index contributed by atoms with van der Waals surface area (Å²) in [6.45, 7) is -5.27. The first kappa shape index (κ1) is 98.1. The quantitative estimate of drug-likeness (QED) is 0.0280. The van der Waals surface area contributed by atoms with Crippen LogP contribution in [-0.2, 0) is 99.8 Å². The van der Waals surface area contributed by atoms with E-state index in [0.29, 0.717) is 0 Å². The number of carboxylic acids is 1. The van der Waals surface area contributed by atoms with Gasteiger partial charge in [-0.2, -0.15) is 0 Å². The topological polar surface area (TPSA) is 827 Å². The fourth-order valence-corrected chi connectivity index (χ4v) is 14.5. The molecule has 0 spiro atoms. The van der Waals surface area contributed by atoms with E-state index in [0.717, 1.165) is 27.7 Å². The van der Waals surface area contributed by atoms with E-state index in [1.807, 2.05) is 0 Å². The number of carbonyl (C=O) groups excluding carboxylic acids is 4. The lowest BCUT2D eigenvalue weighted by Crippen LogP contribution is -2.70. The molecule has 8 aliphatic heterocycles. The molecule has 0 aliphatic carbocycles. The van der Waals surface area contributed by atoms with E-state index in [4.69, 9.17) is 75.8 Å². The van der Waals surface area contributed by atoms with E-state index in [1.165, 1.54) is 6.92 Å². The minimum Gasteiger partial charge on any atom is -0.477 e. The zero-order valence-corrected chi connectivity index (χ0v) is 63.1. The average Bonchev–Trinajstić information content (AvgIpc) is 0.767. The van der Waals surface area contributed by atoms with Gasteiger partial charge in [-0.1, -0.05) is 0 Å². The van der Waals surface area contributed by atoms with Crippen LogP contribution in [-0.4, -0.2) is 502 Å². The van der Waals surface area contributed by atoms with Crippen LogP contribution in [0.25, 0.3) is 0 Å². The number of aliphatic carboxylic acids is 1. The summed E-state index contributed by atoms with van der Waals surface area (Å²) in [7, 11) is 0. The first-order valence-electron chi connectivity index (χ1n) is 37.0. The first-order valence-corrected chi connectivity index (χ1v) is 37.0. The molecule has 52 heteroatoms. The number of hydrogen-bond acceptors (Lipinski definition) is 47. The molecular formula is C65H110N4O48. The smallest absolute Gasteiger partial charge is 0.364 e. The summed E-state index contributed by atoms with van der Waals surface area (Å²) in [5, 5.41) is 307. The Morgan fingerprint density at radius 2 is 0.846 bits per heavy atom. The van der Waals surface area contributed by atoms with Crippen LogP contribution in [0.4, 0.5) is 0 Å². The molecule has 678 valence electrons. The lowest BCUT2D eigenvalue weighted by Gasteiger charge is -2.51. The van der Waals surface area contributed by atoms with Crippen LogP contribution in [0.5, 0.6) is 0 Å². The van der Waals surface area contributed by atoms with Crippen molar-refractivity contribution < 1.29 is 238 Å². The second kappa shape index (κ2) is 42.8. The van der Waals surface area contributed by atoms with Crippen molar-refractivity contribution in [3.8, 4) is 0 Å². The summed E-state index contributed by atoms with van der Waals surface area (Å²) in [5.74, 6) is -8.84. The molecule has 0 bridgehead atoms. The van der Waals surface area contributed by atoms with Crippen LogP contribution in [0, 0.1) is 0 Å². The molecular weight excluding hydrogens is 1600 g/mol. The molecule has 8 fully saturated rings. The second-order valence-electron chi connectivity index (χ2n) is 29.4. The summed E-state index contributed by atoms with van der Waals surface area (Å²) >= 11 is 0. The third-order valence-electron chi connectivity index (χ3n) is 20.9. The van der Waals surface area contributed by atoms with Crippen LogP contribution < -0.4 is 21.3 Å². The predicted molar refractivity (Wildman–Crippen MR) is 361 cm³/mol. The van der Waals surface area contributed by atoms with Gasteiger partial charge in [0.1, 0.15) is 201 Å². The second-order valence-corrected chi connectivity index (χ2v) is 29.4. The molecule has 8 heterocycles. The highest BCUT2D eigenvalue weighted by atomic mass is 16.8. The van der Waals surface area contributed by atoms with Gasteiger partial charge in [0.05, 0.1) is 83.8 Å². The Morgan fingerprint density at radius 3 is 1.36 bits per heavy atom. The van der Waals surface area contributed by atoms with Crippen LogP contribution in [0.1, 0.15) is 41.0 Å². The molecule has 0 aromatic rings. The Labute approximate surface area is 662 Å². The highest BCUT2D eigenvalue weighted by Crippen LogP contribution is 2.40. The van der Waals surface area contributed by atoms with Crippen molar-refractivity contribution in [2.75, 3.05) is 59.5 Å². The Hall–Kier alpha value is -4.33. The highest BCUT2D eigenvalue weighted by molar-refractivity contribution is 5.77. The van der Waals surface area contributed by atoms with Gasteiger partial charge in [-0.3, -0.25) is 19.2 Å². The molecule has 8 saturated heterocycles. The monoisotopic (exact) mass is 1710 g/mol. The van der Waals surface area contributed by atoms with E-state index in [9.17, 15) is 162 Å². The standard InChI is InChI=1S/C65H110N4O48/c1-16-34(83)43(92)47(96)59(105-16)102-13-24(82)51(35(84)21(7-70)66-17(2)76)112-57-32(68-19(4)78)41(90)53(28(12-75)108-57)114-62-50(99)55(40(89)29(110-62)14-103-60-48(97)44(93)37(86)25(9-72)106-60)115-63-56(46(95)38(87)26(10-73)107-63)116-58-33(69-20(5)79)42(91)52(27(11-74)109-58)113-61-49(98)45(94)39(88)30(111-61)15-104-65(64(100)101)6-22(80)31(67-18(3)77)54(117-65)36(85)23(81)8-71/h16,21-63,70-75,80-99H,6-15H2,1-5H3,(H,66,76)(H,67,77)(H,68,78)(H,69,79)(H,100,101)/t16-,21-,22-,23+,24+,25+,26+,27+,28+,29+,30+,31+,32+,33+,34+,35+,36+,37+,38+,39-,40+,41+,42+,43+,44-,45-,46-,47-,48-,49+,50-,51+,52+,53+,54+,55-,56-,57-,58-,59+,60-,61-,62-,63+,65+/m0/s1. The summed E-state index contributed by atoms with van der Waals surface area (Å²) in [4.78, 5) is 63.5. The Morgan fingerprint density at radius 1 is 0.410 bits per heavy atom. The third kappa shape index (κ3) is 22.6. The number of aliphatic hydroxyl groups is 26. The van der Waals surface area contributed by atoms with Gasteiger partial charge in [-0.15, -0.1) is 0 Å². The van der Waals surface area contributed by atoms with Gasteiger partial charge in [-0.25, -0.2) is 4.79 Å². The normalized spacial score (nSPS) is 45.0. The van der Waals surface area contributed by atoms with Gasteiger partial charge in [0, 0.05) is 34.1 Å². The van der Waals surface area contributed by atoms with Crippen molar-refractivity contribution in [2.24, 2.45) is 0 Å². The number of nitrogens with one attached hydrogen (secondary N) is 4. The maximum absolute atomic E-state index is 13.1. The maximum atomic E-state index is 13.1. The molecule has 0 aromatic carbocycles. The van der Waals surface area contributed by atoms with Crippen molar-refractivity contribution in [3.05, 3.63) is 0 Å². The van der Waals surface area contributed by atoms with Crippen molar-refractivity contribution in [3.63, 3.8) is 0 Å². The van der Waals surface area contributed by atoms with E-state index in [1.54, 1.807) is 0 Å². The van der Waals surface area contributed by atoms with Crippen LogP contribution in [0.2, 0.25) is 0 Å². The Bertz CT molecular complexity index is 3140. The zero-order chi connectivity index (χ0) is 87.0. The Kier molecular flexibility index (Phi) is 35.9. The first-order chi connectivity index (χ1) is 55.0. The van der Waals surface area contributed by atoms with Gasteiger partial charge in [0.2, 0.25) is 23.6 Å². The molecule has 0 unspecified atom stereocenters. The lowest BCUT2D eigenvalue weighted by molar-refractivity contribution is -0.397. The minimum absolute atomic E-state index is 0.838. The SMILES string of the molecule is CC(=O)N[C@H]1[C@H](O[C@@H]([C@H](O)[C@H](CO)NC(C)=O)[C@H](O)CO[C@@H]2O[C@@H](C)[C@@H](O)[C@@H](O)[C@@H]2O)O[C@H](CO)[C@@H](O[C@@H]2O[C@H](CO[C@H]3O[C@H](CO)[C@@H](O)[C@H](O)[C@@H]3O)[C@@H](O)[C@H](O[C@H]3O[C@H](CO)[C@@H](O)[C@H](O)[C@@H]3O[C@@H]3O[C@H](CO)[C@@H](O[C@@H]4O[C@H](CO[C@]5(C(=O)O)C[C@H](O)[C@@H](NC(C)=O)[C@H]([C@H](O)[C@H](O)CO)O5)[C@H](O)[C@H](O)[C@H]4O)[C@H](O)[C@H]3NC(C)=O)[C@@H]2O)[C@@H]1O. The van der Waals surface area contributed by atoms with Gasteiger partial charge in [0.25, 0.3) is 5.79 Å². The summed E-state index contributed by atoms with van der Waals surface area (Å²) in [6, 6.07) is -7.50. The minimum atomic E-state index is -3.08. The summed E-state index contributed by atoms with van der Waals surface area (Å²) in [6.07, 6.45) is -86.5. The van der Waals surface area contributed by atoms with Crippen LogP contribution >= 0.6 is 0 Å². The molecule has 31 N–H and O–H groups in total. The lowest BCUT2D eigenvalue weighted by atomic mass is 9.88. The Balaban J connectivity index is 1.08. The molecule has 117 heavy (non-hydrogen) atoms. The summed E-state index contributed by atoms with van der Waals surface area (Å²) < 4.78 is 93.3. The van der Waals surface area contributed by atoms with Gasteiger partial charge in [-0.05, 0) is 6.92 Å². The number of hydrogen-bond donors (Lipinski definition) is 31. The molecule has 0 aromatic heterocycles. The van der Waals surface area contributed by atoms with Gasteiger partial charge >= 0.3 is 5.97 Å². The average molecular weight is 1720 g/mol. The number of ether oxygens (including phenoxy) is 16. The van der Waals surface area contributed by atoms with Crippen molar-refractivity contribution >= 4 is 29.6 Å². The highest BCUT2D eigenvalue weighted by Gasteiger charge is 2.61. The van der Waals surface area contributed by atoms with Gasteiger partial charge in [0.15, 0.2) is 44.0 Å². The zero-order valence-electron chi connectivity index (χ0n) is 63.1. The largest absolute Gasteiger partial charge is 0.477 e. The van der Waals surface area contributed by atoms with Crippen LogP contribution in [0.15, 0.2) is 0 Å². The third-order valence-corrected chi connectivity index (χ3v) is 20.9. The van der Waals surface area contributed by atoms with E-state index < -0.39 is 371 Å². The molecule has 8 aliphatic rings. The molecule has 8 rings (SSSR count). The number of amides is 4. The molecule has 4 amide bonds. The number of carboxylic acid groups (broad SMARTS) is 1. The van der Waals surface area contributed by atoms with E-state index in [2.05, 4.69) is 21.3 Å². The molecule has 52 nitrogen and oxygen atoms in total. The predicted octanol–water partition coefficient (Wildman–Crippen LogP) is -20.2.